The van der Waals surface area contributed by atoms with Gasteiger partial charge in [0.25, 0.3) is 5.56 Å². The third-order valence-corrected chi connectivity index (χ3v) is 6.40. The topological polar surface area (TPSA) is 98.1 Å². The SMILES string of the molecule is COc1ccc(Cl)cc1NC(=O)NCCn1nc(-c2sc(-c3ccccc3)nc2C)ccc1=O. The molecule has 0 saturated heterocycles. The second kappa shape index (κ2) is 10.5. The van der Waals surface area contributed by atoms with Gasteiger partial charge in [-0.15, -0.1) is 11.3 Å². The Morgan fingerprint density at radius 3 is 2.71 bits per heavy atom. The van der Waals surface area contributed by atoms with Crippen molar-refractivity contribution < 1.29 is 9.53 Å². The predicted octanol–water partition coefficient (Wildman–Crippen LogP) is 4.83. The fourth-order valence-electron chi connectivity index (χ4n) is 3.29. The highest BCUT2D eigenvalue weighted by Gasteiger charge is 2.14. The Morgan fingerprint density at radius 1 is 1.15 bits per heavy atom. The lowest BCUT2D eigenvalue weighted by Crippen LogP contribution is -2.34. The number of aromatic nitrogens is 3. The van der Waals surface area contributed by atoms with E-state index in [0.717, 1.165) is 21.1 Å². The fourth-order valence-corrected chi connectivity index (χ4v) is 4.50. The molecule has 174 valence electrons. The number of amides is 2. The number of hydrogen-bond acceptors (Lipinski definition) is 6. The van der Waals surface area contributed by atoms with Gasteiger partial charge in [0, 0.05) is 23.2 Å². The van der Waals surface area contributed by atoms with Gasteiger partial charge in [0.15, 0.2) is 0 Å². The highest BCUT2D eigenvalue weighted by Crippen LogP contribution is 2.33. The molecular formula is C24H22ClN5O3S. The van der Waals surface area contributed by atoms with Crippen LogP contribution in [0.5, 0.6) is 5.75 Å². The van der Waals surface area contributed by atoms with Gasteiger partial charge in [-0.2, -0.15) is 5.10 Å². The van der Waals surface area contributed by atoms with E-state index in [1.165, 1.54) is 29.2 Å². The minimum absolute atomic E-state index is 0.196. The molecule has 2 N–H and O–H groups in total. The largest absolute Gasteiger partial charge is 0.495 e. The van der Waals surface area contributed by atoms with E-state index in [9.17, 15) is 9.59 Å². The highest BCUT2D eigenvalue weighted by atomic mass is 35.5. The molecule has 0 radical (unpaired) electrons. The zero-order valence-electron chi connectivity index (χ0n) is 18.5. The summed E-state index contributed by atoms with van der Waals surface area (Å²) in [6, 6.07) is 17.6. The molecule has 8 nitrogen and oxygen atoms in total. The number of anilines is 1. The molecule has 0 bridgehead atoms. The smallest absolute Gasteiger partial charge is 0.319 e. The van der Waals surface area contributed by atoms with Gasteiger partial charge in [0.05, 0.1) is 29.9 Å². The Labute approximate surface area is 205 Å². The number of nitrogens with one attached hydrogen (secondary N) is 2. The van der Waals surface area contributed by atoms with E-state index in [1.807, 2.05) is 37.3 Å². The lowest BCUT2D eigenvalue weighted by Gasteiger charge is -2.12. The lowest BCUT2D eigenvalue weighted by molar-refractivity contribution is 0.251. The molecule has 0 atom stereocenters. The van der Waals surface area contributed by atoms with E-state index in [1.54, 1.807) is 24.3 Å². The predicted molar refractivity (Wildman–Crippen MR) is 135 cm³/mol. The van der Waals surface area contributed by atoms with Crippen LogP contribution in [0.2, 0.25) is 5.02 Å². The van der Waals surface area contributed by atoms with E-state index in [-0.39, 0.29) is 18.6 Å². The van der Waals surface area contributed by atoms with Crippen molar-refractivity contribution in [3.8, 4) is 26.9 Å². The Morgan fingerprint density at radius 2 is 1.94 bits per heavy atom. The van der Waals surface area contributed by atoms with Crippen LogP contribution in [0.25, 0.3) is 21.1 Å². The van der Waals surface area contributed by atoms with Crippen molar-refractivity contribution in [2.24, 2.45) is 0 Å². The first-order valence-electron chi connectivity index (χ1n) is 10.4. The number of aryl methyl sites for hydroxylation is 1. The summed E-state index contributed by atoms with van der Waals surface area (Å²) in [4.78, 5) is 30.2. The minimum Gasteiger partial charge on any atom is -0.495 e. The second-order valence-corrected chi connectivity index (χ2v) is 8.74. The molecule has 2 heterocycles. The molecule has 34 heavy (non-hydrogen) atoms. The molecule has 0 unspecified atom stereocenters. The number of ether oxygens (including phenoxy) is 1. The Kier molecular flexibility index (Phi) is 7.24. The first-order chi connectivity index (χ1) is 16.4. The molecule has 0 aliphatic carbocycles. The maximum absolute atomic E-state index is 12.3. The van der Waals surface area contributed by atoms with Crippen LogP contribution in [0.3, 0.4) is 0 Å². The maximum Gasteiger partial charge on any atom is 0.319 e. The molecule has 10 heteroatoms. The van der Waals surface area contributed by atoms with Gasteiger partial charge in [-0.25, -0.2) is 14.5 Å². The Hall–Kier alpha value is -3.69. The van der Waals surface area contributed by atoms with Crippen LogP contribution in [0, 0.1) is 6.92 Å². The van der Waals surface area contributed by atoms with Crippen LogP contribution in [0.4, 0.5) is 10.5 Å². The monoisotopic (exact) mass is 495 g/mol. The zero-order chi connectivity index (χ0) is 24.1. The third-order valence-electron chi connectivity index (χ3n) is 4.94. The van der Waals surface area contributed by atoms with Crippen molar-refractivity contribution in [1.82, 2.24) is 20.1 Å². The molecule has 0 aliphatic heterocycles. The molecular weight excluding hydrogens is 474 g/mol. The number of carbonyl (C=O) groups excluding carboxylic acids is 1. The molecule has 0 fully saturated rings. The van der Waals surface area contributed by atoms with Gasteiger partial charge in [-0.1, -0.05) is 41.9 Å². The molecule has 0 spiro atoms. The Balaban J connectivity index is 1.44. The van der Waals surface area contributed by atoms with Crippen LogP contribution in [-0.2, 0) is 6.54 Å². The normalized spacial score (nSPS) is 10.7. The summed E-state index contributed by atoms with van der Waals surface area (Å²) in [5.41, 5.74) is 2.72. The molecule has 0 aliphatic rings. The van der Waals surface area contributed by atoms with E-state index >= 15 is 0 Å². The number of thiazole rings is 1. The van der Waals surface area contributed by atoms with Crippen LogP contribution < -0.4 is 20.9 Å². The molecule has 2 aromatic heterocycles. The highest BCUT2D eigenvalue weighted by molar-refractivity contribution is 7.18. The zero-order valence-corrected chi connectivity index (χ0v) is 20.1. The van der Waals surface area contributed by atoms with Gasteiger partial charge in [0.1, 0.15) is 16.5 Å². The van der Waals surface area contributed by atoms with Crippen molar-refractivity contribution >= 4 is 34.7 Å². The maximum atomic E-state index is 12.3. The van der Waals surface area contributed by atoms with Crippen LogP contribution >= 0.6 is 22.9 Å². The van der Waals surface area contributed by atoms with Crippen molar-refractivity contribution in [3.05, 3.63) is 81.7 Å². The lowest BCUT2D eigenvalue weighted by atomic mass is 10.2. The molecule has 0 saturated carbocycles. The van der Waals surface area contributed by atoms with Crippen molar-refractivity contribution in [2.45, 2.75) is 13.5 Å². The van der Waals surface area contributed by atoms with Crippen molar-refractivity contribution in [3.63, 3.8) is 0 Å². The number of rotatable bonds is 7. The Bertz CT molecular complexity index is 1370. The summed E-state index contributed by atoms with van der Waals surface area (Å²) in [6.07, 6.45) is 0. The van der Waals surface area contributed by atoms with Crippen molar-refractivity contribution in [2.75, 3.05) is 19.0 Å². The van der Waals surface area contributed by atoms with Gasteiger partial charge in [-0.05, 0) is 31.2 Å². The summed E-state index contributed by atoms with van der Waals surface area (Å²) in [7, 11) is 1.50. The average molecular weight is 496 g/mol. The number of urea groups is 1. The number of halogens is 1. The van der Waals surface area contributed by atoms with E-state index in [2.05, 4.69) is 20.7 Å². The van der Waals surface area contributed by atoms with Crippen LogP contribution in [-0.4, -0.2) is 34.5 Å². The molecule has 2 amide bonds. The van der Waals surface area contributed by atoms with Gasteiger partial charge >= 0.3 is 6.03 Å². The van der Waals surface area contributed by atoms with Crippen molar-refractivity contribution in [1.29, 1.82) is 0 Å². The van der Waals surface area contributed by atoms with Gasteiger partial charge in [-0.3, -0.25) is 4.79 Å². The average Bonchev–Trinajstić information content (AvgIpc) is 3.22. The number of nitrogens with zero attached hydrogens (tertiary/aromatic N) is 3. The second-order valence-electron chi connectivity index (χ2n) is 7.31. The third kappa shape index (κ3) is 5.44. The quantitative estimate of drug-likeness (QED) is 0.383. The van der Waals surface area contributed by atoms with Crippen LogP contribution in [0.1, 0.15) is 5.69 Å². The molecule has 4 aromatic rings. The summed E-state index contributed by atoms with van der Waals surface area (Å²) in [6.45, 7) is 2.32. The number of benzene rings is 2. The summed E-state index contributed by atoms with van der Waals surface area (Å²) in [5.74, 6) is 0.486. The standard InChI is InChI=1S/C24H22ClN5O3S/c1-15-22(34-23(27-15)16-6-4-3-5-7-16)18-9-11-21(31)30(29-18)13-12-26-24(32)28-19-14-17(25)8-10-20(19)33-2/h3-11,14H,12-13H2,1-2H3,(H2,26,28,32). The summed E-state index contributed by atoms with van der Waals surface area (Å²) < 4.78 is 6.56. The van der Waals surface area contributed by atoms with Gasteiger partial charge in [0.2, 0.25) is 0 Å². The van der Waals surface area contributed by atoms with E-state index < -0.39 is 6.03 Å². The first kappa shape index (κ1) is 23.5. The number of methoxy groups -OCH3 is 1. The summed E-state index contributed by atoms with van der Waals surface area (Å²) in [5, 5.41) is 11.3. The molecule has 4 rings (SSSR count). The number of hydrogen-bond donors (Lipinski definition) is 2. The van der Waals surface area contributed by atoms with Crippen LogP contribution in [0.15, 0.2) is 65.5 Å². The summed E-state index contributed by atoms with van der Waals surface area (Å²) >= 11 is 7.52. The molecule has 2 aromatic carbocycles. The van der Waals surface area contributed by atoms with E-state index in [0.29, 0.717) is 22.2 Å². The minimum atomic E-state index is -0.449. The van der Waals surface area contributed by atoms with E-state index in [4.69, 9.17) is 16.3 Å². The first-order valence-corrected chi connectivity index (χ1v) is 11.6. The van der Waals surface area contributed by atoms with Gasteiger partial charge < -0.3 is 15.4 Å². The fraction of sp³-hybridized carbons (Fsp3) is 0.167. The number of carbonyl (C=O) groups is 1.